The molecule has 0 fully saturated rings. The Balaban J connectivity index is 2.65. The van der Waals surface area contributed by atoms with E-state index < -0.39 is 0 Å². The fraction of sp³-hybridized carbons (Fsp3) is 1.00. The van der Waals surface area contributed by atoms with Crippen LogP contribution in [-0.4, -0.2) is 20.2 Å². The Kier molecular flexibility index (Phi) is 8.85. The minimum absolute atomic E-state index is 0.103. The van der Waals surface area contributed by atoms with Gasteiger partial charge in [0.25, 0.3) is 0 Å². The Labute approximate surface area is 63.6 Å². The summed E-state index contributed by atoms with van der Waals surface area (Å²) in [5.41, 5.74) is 0. The molecular formula is C8H18NO. The van der Waals surface area contributed by atoms with E-state index in [1.165, 1.54) is 19.3 Å². The second kappa shape index (κ2) is 8.92. The predicted octanol–water partition coefficient (Wildman–Crippen LogP) is 1.59. The molecule has 0 unspecified atom stereocenters. The van der Waals surface area contributed by atoms with E-state index >= 15 is 0 Å². The molecule has 0 amide bonds. The van der Waals surface area contributed by atoms with Crippen LogP contribution in [0.25, 0.3) is 0 Å². The second-order valence-corrected chi connectivity index (χ2v) is 2.58. The molecule has 1 radical (unpaired) electrons. The van der Waals surface area contributed by atoms with Gasteiger partial charge in [-0.05, 0) is 26.4 Å². The Bertz CT molecular complexity index is 49.2. The third-order valence-electron chi connectivity index (χ3n) is 1.57. The molecule has 0 heterocycles. The van der Waals surface area contributed by atoms with Crippen LogP contribution in [0.1, 0.15) is 32.1 Å². The molecule has 2 nitrogen and oxygen atoms in total. The van der Waals surface area contributed by atoms with E-state index in [4.69, 9.17) is 0 Å². The van der Waals surface area contributed by atoms with E-state index in [9.17, 15) is 5.11 Å². The van der Waals surface area contributed by atoms with Crippen molar-refractivity contribution in [3.8, 4) is 0 Å². The molecule has 0 atom stereocenters. The highest BCUT2D eigenvalue weighted by Gasteiger charge is 1.88. The average Bonchev–Trinajstić information content (AvgIpc) is 1.97. The molecule has 2 heteroatoms. The highest BCUT2D eigenvalue weighted by Crippen LogP contribution is 2.01. The highest BCUT2D eigenvalue weighted by molar-refractivity contribution is 4.45. The molecule has 0 rings (SSSR count). The topological polar surface area (TPSA) is 31.9 Å². The van der Waals surface area contributed by atoms with Crippen LogP contribution < -0.4 is 5.32 Å². The molecule has 0 aliphatic carbocycles. The van der Waals surface area contributed by atoms with Gasteiger partial charge < -0.3 is 5.32 Å². The van der Waals surface area contributed by atoms with Crippen LogP contribution in [0.3, 0.4) is 0 Å². The van der Waals surface area contributed by atoms with E-state index in [2.05, 4.69) is 5.32 Å². The fourth-order valence-corrected chi connectivity index (χ4v) is 0.934. The predicted molar refractivity (Wildman–Crippen MR) is 42.6 cm³/mol. The summed E-state index contributed by atoms with van der Waals surface area (Å²) in [7, 11) is 1.97. The third-order valence-corrected chi connectivity index (χ3v) is 1.57. The second-order valence-electron chi connectivity index (χ2n) is 2.58. The van der Waals surface area contributed by atoms with Crippen LogP contribution in [0.5, 0.6) is 0 Å². The van der Waals surface area contributed by atoms with Crippen LogP contribution in [-0.2, 0) is 5.11 Å². The number of unbranched alkanes of at least 4 members (excludes halogenated alkanes) is 4. The van der Waals surface area contributed by atoms with Crippen LogP contribution >= 0.6 is 0 Å². The molecule has 0 bridgehead atoms. The molecule has 61 valence electrons. The average molecular weight is 144 g/mol. The van der Waals surface area contributed by atoms with Crippen molar-refractivity contribution >= 4 is 0 Å². The van der Waals surface area contributed by atoms with E-state index in [-0.39, 0.29) is 6.61 Å². The molecule has 0 aromatic carbocycles. The first kappa shape index (κ1) is 9.92. The van der Waals surface area contributed by atoms with Gasteiger partial charge >= 0.3 is 0 Å². The summed E-state index contributed by atoms with van der Waals surface area (Å²) >= 11 is 0. The Morgan fingerprint density at radius 1 is 1.00 bits per heavy atom. The first-order valence-corrected chi connectivity index (χ1v) is 4.14. The van der Waals surface area contributed by atoms with Gasteiger partial charge in [0, 0.05) is 0 Å². The summed E-state index contributed by atoms with van der Waals surface area (Å²) in [6.07, 6.45) is 5.72. The lowest BCUT2D eigenvalue weighted by Crippen LogP contribution is -2.06. The summed E-state index contributed by atoms with van der Waals surface area (Å²) in [6, 6.07) is 0. The summed E-state index contributed by atoms with van der Waals surface area (Å²) < 4.78 is 0. The van der Waals surface area contributed by atoms with E-state index in [1.54, 1.807) is 0 Å². The SMILES string of the molecule is CNCCCCCCC[O]. The van der Waals surface area contributed by atoms with Gasteiger partial charge in [-0.3, -0.25) is 0 Å². The van der Waals surface area contributed by atoms with Crippen molar-refractivity contribution in [2.45, 2.75) is 32.1 Å². The van der Waals surface area contributed by atoms with E-state index in [0.29, 0.717) is 0 Å². The number of hydrogen-bond donors (Lipinski definition) is 1. The quantitative estimate of drug-likeness (QED) is 0.540. The van der Waals surface area contributed by atoms with E-state index in [1.807, 2.05) is 7.05 Å². The molecule has 0 aromatic rings. The van der Waals surface area contributed by atoms with Gasteiger partial charge in [0.2, 0.25) is 0 Å². The van der Waals surface area contributed by atoms with Crippen molar-refractivity contribution in [1.29, 1.82) is 0 Å². The molecule has 0 saturated heterocycles. The smallest absolute Gasteiger partial charge is 0.0822 e. The van der Waals surface area contributed by atoms with Crippen LogP contribution in [0.15, 0.2) is 0 Å². The number of nitrogens with one attached hydrogen (secondary N) is 1. The standard InChI is InChI=1S/C8H18NO/c1-9-7-5-3-2-4-6-8-10/h9H,2-8H2,1H3. The lowest BCUT2D eigenvalue weighted by atomic mass is 10.1. The fourth-order valence-electron chi connectivity index (χ4n) is 0.934. The van der Waals surface area contributed by atoms with Gasteiger partial charge in [-0.1, -0.05) is 19.3 Å². The summed E-state index contributed by atoms with van der Waals surface area (Å²) in [4.78, 5) is 0. The highest BCUT2D eigenvalue weighted by atomic mass is 16.2. The van der Waals surface area contributed by atoms with Crippen molar-refractivity contribution < 1.29 is 5.11 Å². The van der Waals surface area contributed by atoms with Crippen LogP contribution in [0.2, 0.25) is 0 Å². The number of hydrogen-bond acceptors (Lipinski definition) is 1. The van der Waals surface area contributed by atoms with Crippen molar-refractivity contribution in [1.82, 2.24) is 5.32 Å². The minimum atomic E-state index is 0.103. The molecule has 10 heavy (non-hydrogen) atoms. The van der Waals surface area contributed by atoms with Gasteiger partial charge in [-0.2, -0.15) is 0 Å². The zero-order chi connectivity index (χ0) is 7.66. The first-order chi connectivity index (χ1) is 4.91. The van der Waals surface area contributed by atoms with Crippen molar-refractivity contribution in [2.75, 3.05) is 20.2 Å². The molecule has 0 saturated carbocycles. The van der Waals surface area contributed by atoms with Crippen LogP contribution in [0, 0.1) is 0 Å². The largest absolute Gasteiger partial charge is 0.320 e. The van der Waals surface area contributed by atoms with Crippen molar-refractivity contribution in [3.05, 3.63) is 0 Å². The van der Waals surface area contributed by atoms with Crippen molar-refractivity contribution in [2.24, 2.45) is 0 Å². The molecule has 0 aliphatic rings. The Hall–Kier alpha value is -0.0800. The summed E-state index contributed by atoms with van der Waals surface area (Å²) in [5.74, 6) is 0. The molecule has 0 aliphatic heterocycles. The summed E-state index contributed by atoms with van der Waals surface area (Å²) in [5, 5.41) is 13.1. The maximum Gasteiger partial charge on any atom is 0.0822 e. The maximum atomic E-state index is 10.0. The van der Waals surface area contributed by atoms with Gasteiger partial charge in [0.15, 0.2) is 0 Å². The van der Waals surface area contributed by atoms with Crippen molar-refractivity contribution in [3.63, 3.8) is 0 Å². The lowest BCUT2D eigenvalue weighted by Gasteiger charge is -1.98. The van der Waals surface area contributed by atoms with E-state index in [0.717, 1.165) is 19.4 Å². The molecule has 1 N–H and O–H groups in total. The van der Waals surface area contributed by atoms with Gasteiger partial charge in [-0.15, -0.1) is 0 Å². The molecule has 0 aromatic heterocycles. The zero-order valence-electron chi connectivity index (χ0n) is 6.86. The van der Waals surface area contributed by atoms with Gasteiger partial charge in [0.1, 0.15) is 0 Å². The van der Waals surface area contributed by atoms with Gasteiger partial charge in [-0.25, -0.2) is 5.11 Å². The summed E-state index contributed by atoms with van der Waals surface area (Å²) in [6.45, 7) is 1.21. The normalized spacial score (nSPS) is 10.2. The Morgan fingerprint density at radius 3 is 2.20 bits per heavy atom. The van der Waals surface area contributed by atoms with Gasteiger partial charge in [0.05, 0.1) is 6.61 Å². The lowest BCUT2D eigenvalue weighted by molar-refractivity contribution is 0.186. The zero-order valence-corrected chi connectivity index (χ0v) is 6.86. The Morgan fingerprint density at radius 2 is 1.60 bits per heavy atom. The third kappa shape index (κ3) is 7.92. The molecular weight excluding hydrogens is 126 g/mol. The molecule has 0 spiro atoms. The minimum Gasteiger partial charge on any atom is -0.320 e. The monoisotopic (exact) mass is 144 g/mol. The first-order valence-electron chi connectivity index (χ1n) is 4.14. The number of rotatable bonds is 7. The van der Waals surface area contributed by atoms with Crippen LogP contribution in [0.4, 0.5) is 0 Å². The maximum absolute atomic E-state index is 10.0.